The molecule has 0 saturated heterocycles. The number of nitrogens with one attached hydrogen (secondary N) is 2. The number of thiazole rings is 1. The number of hydrogen-bond acceptors (Lipinski definition) is 7. The number of carbonyl (C=O) groups excluding carboxylic acids is 1. The van der Waals surface area contributed by atoms with E-state index in [4.69, 9.17) is 21.1 Å². The van der Waals surface area contributed by atoms with E-state index in [1.807, 2.05) is 85.1 Å². The lowest BCUT2D eigenvalue weighted by Crippen LogP contribution is -2.17. The van der Waals surface area contributed by atoms with E-state index in [1.165, 1.54) is 17.6 Å². The summed E-state index contributed by atoms with van der Waals surface area (Å²) < 4.78 is 11.7. The third kappa shape index (κ3) is 7.51. The molecule has 0 saturated carbocycles. The minimum Gasteiger partial charge on any atom is -0.490 e. The molecule has 0 aliphatic heterocycles. The molecule has 41 heavy (non-hydrogen) atoms. The molecule has 0 spiro atoms. The van der Waals surface area contributed by atoms with Crippen LogP contribution >= 0.6 is 22.9 Å². The highest BCUT2D eigenvalue weighted by atomic mass is 35.5. The number of hydrazone groups is 1. The van der Waals surface area contributed by atoms with Crippen LogP contribution in [0.3, 0.4) is 0 Å². The van der Waals surface area contributed by atoms with Crippen molar-refractivity contribution in [3.63, 3.8) is 0 Å². The molecular formula is C32H27ClN4O3S. The molecule has 1 heterocycles. The molecule has 0 aliphatic rings. The van der Waals surface area contributed by atoms with Crippen molar-refractivity contribution < 1.29 is 14.3 Å². The minimum absolute atomic E-state index is 0.337. The summed E-state index contributed by atoms with van der Waals surface area (Å²) in [4.78, 5) is 17.3. The molecule has 0 fully saturated rings. The molecule has 2 N–H and O–H groups in total. The van der Waals surface area contributed by atoms with Crippen LogP contribution in [0.25, 0.3) is 11.3 Å². The molecule has 0 radical (unpaired) electrons. The fourth-order valence-corrected chi connectivity index (χ4v) is 4.94. The number of amides is 1. The third-order valence-corrected chi connectivity index (χ3v) is 6.95. The van der Waals surface area contributed by atoms with Gasteiger partial charge in [0.05, 0.1) is 23.5 Å². The number of ether oxygens (including phenoxy) is 2. The highest BCUT2D eigenvalue weighted by molar-refractivity contribution is 7.14. The zero-order valence-electron chi connectivity index (χ0n) is 22.2. The van der Waals surface area contributed by atoms with Gasteiger partial charge in [0.15, 0.2) is 16.6 Å². The number of aromatic nitrogens is 1. The third-order valence-electron chi connectivity index (χ3n) is 5.91. The quantitative estimate of drug-likeness (QED) is 0.122. The van der Waals surface area contributed by atoms with Gasteiger partial charge in [0.1, 0.15) is 6.61 Å². The molecule has 9 heteroatoms. The van der Waals surface area contributed by atoms with Gasteiger partial charge in [-0.2, -0.15) is 5.10 Å². The van der Waals surface area contributed by atoms with Gasteiger partial charge in [0.25, 0.3) is 5.91 Å². The highest BCUT2D eigenvalue weighted by Gasteiger charge is 2.13. The maximum atomic E-state index is 12.7. The second-order valence-corrected chi connectivity index (χ2v) is 10.1. The summed E-state index contributed by atoms with van der Waals surface area (Å²) in [7, 11) is 0. The maximum Gasteiger partial charge on any atom is 0.271 e. The van der Waals surface area contributed by atoms with Crippen molar-refractivity contribution in [2.24, 2.45) is 5.10 Å². The standard InChI is InChI=1S/C32H27ClN4O3S/c1-2-39-29-18-23(17-27(33)30(29)40-20-22-9-5-3-6-10-22)19-34-37-31(38)25-15-13-24(14-16-25)28-21-41-32(36-28)35-26-11-7-4-8-12-26/h3-19,21H,2,20H2,1H3,(H,35,36)(H,37,38)/b34-19-. The summed E-state index contributed by atoms with van der Waals surface area (Å²) in [5.74, 6) is 0.627. The first-order valence-corrected chi connectivity index (χ1v) is 14.2. The van der Waals surface area contributed by atoms with Crippen LogP contribution in [0.15, 0.2) is 108 Å². The Morgan fingerprint density at radius 1 is 0.976 bits per heavy atom. The van der Waals surface area contributed by atoms with Gasteiger partial charge in [-0.15, -0.1) is 11.3 Å². The predicted molar refractivity (Wildman–Crippen MR) is 166 cm³/mol. The smallest absolute Gasteiger partial charge is 0.271 e. The average molecular weight is 583 g/mol. The molecule has 0 aliphatic carbocycles. The highest BCUT2D eigenvalue weighted by Crippen LogP contribution is 2.37. The lowest BCUT2D eigenvalue weighted by atomic mass is 10.1. The topological polar surface area (TPSA) is 84.8 Å². The van der Waals surface area contributed by atoms with Crippen LogP contribution in [0.1, 0.15) is 28.4 Å². The number of benzene rings is 4. The van der Waals surface area contributed by atoms with Crippen molar-refractivity contribution in [3.05, 3.63) is 124 Å². The van der Waals surface area contributed by atoms with Crippen molar-refractivity contribution in [2.45, 2.75) is 13.5 Å². The molecule has 206 valence electrons. The lowest BCUT2D eigenvalue weighted by Gasteiger charge is -2.14. The van der Waals surface area contributed by atoms with Crippen molar-refractivity contribution in [1.29, 1.82) is 0 Å². The van der Waals surface area contributed by atoms with Gasteiger partial charge < -0.3 is 14.8 Å². The van der Waals surface area contributed by atoms with Crippen LogP contribution in [0.5, 0.6) is 11.5 Å². The second-order valence-electron chi connectivity index (χ2n) is 8.84. The fraction of sp³-hybridized carbons (Fsp3) is 0.0938. The molecule has 5 aromatic rings. The first kappa shape index (κ1) is 27.9. The van der Waals surface area contributed by atoms with Crippen molar-refractivity contribution in [1.82, 2.24) is 10.4 Å². The van der Waals surface area contributed by atoms with Crippen LogP contribution in [0, 0.1) is 0 Å². The molecule has 7 nitrogen and oxygen atoms in total. The molecule has 0 unspecified atom stereocenters. The van der Waals surface area contributed by atoms with Gasteiger partial charge in [0.2, 0.25) is 0 Å². The second kappa shape index (κ2) is 13.6. The first-order chi connectivity index (χ1) is 20.1. The van der Waals surface area contributed by atoms with E-state index >= 15 is 0 Å². The van der Waals surface area contributed by atoms with Gasteiger partial charge in [-0.1, -0.05) is 72.3 Å². The van der Waals surface area contributed by atoms with Crippen LogP contribution in [0.4, 0.5) is 10.8 Å². The van der Waals surface area contributed by atoms with E-state index in [1.54, 1.807) is 24.3 Å². The molecule has 0 atom stereocenters. The Bertz CT molecular complexity index is 1620. The van der Waals surface area contributed by atoms with Crippen molar-refractivity contribution >= 4 is 45.9 Å². The van der Waals surface area contributed by atoms with Gasteiger partial charge >= 0.3 is 0 Å². The monoisotopic (exact) mass is 582 g/mol. The van der Waals surface area contributed by atoms with E-state index in [9.17, 15) is 4.79 Å². The van der Waals surface area contributed by atoms with Crippen molar-refractivity contribution in [3.8, 4) is 22.8 Å². The number of nitrogens with zero attached hydrogens (tertiary/aromatic N) is 2. The van der Waals surface area contributed by atoms with E-state index in [0.29, 0.717) is 40.9 Å². The summed E-state index contributed by atoms with van der Waals surface area (Å²) in [6, 6.07) is 30.4. The first-order valence-electron chi connectivity index (χ1n) is 12.9. The van der Waals surface area contributed by atoms with Crippen LogP contribution < -0.4 is 20.2 Å². The number of rotatable bonds is 11. The number of hydrogen-bond donors (Lipinski definition) is 2. The fourth-order valence-electron chi connectivity index (χ4n) is 3.93. The Labute approximate surface area is 247 Å². The molecule has 5 rings (SSSR count). The van der Waals surface area contributed by atoms with Crippen LogP contribution in [-0.2, 0) is 6.61 Å². The molecule has 1 amide bonds. The van der Waals surface area contributed by atoms with Gasteiger partial charge in [-0.05, 0) is 54.4 Å². The molecule has 0 bridgehead atoms. The summed E-state index contributed by atoms with van der Waals surface area (Å²) in [6.45, 7) is 2.68. The maximum absolute atomic E-state index is 12.7. The van der Waals surface area contributed by atoms with Gasteiger partial charge in [-0.3, -0.25) is 4.79 Å². The Balaban J connectivity index is 1.20. The predicted octanol–water partition coefficient (Wildman–Crippen LogP) is 7.95. The van der Waals surface area contributed by atoms with Crippen molar-refractivity contribution in [2.75, 3.05) is 11.9 Å². The van der Waals surface area contributed by atoms with E-state index in [-0.39, 0.29) is 5.91 Å². The van der Waals surface area contributed by atoms with Crippen LogP contribution in [-0.4, -0.2) is 23.7 Å². The van der Waals surface area contributed by atoms with E-state index < -0.39 is 0 Å². The zero-order chi connectivity index (χ0) is 28.4. The largest absolute Gasteiger partial charge is 0.490 e. The Hall–Kier alpha value is -4.66. The van der Waals surface area contributed by atoms with E-state index in [2.05, 4.69) is 20.8 Å². The van der Waals surface area contributed by atoms with E-state index in [0.717, 1.165) is 27.6 Å². The normalized spacial score (nSPS) is 10.9. The number of carbonyl (C=O) groups is 1. The number of anilines is 2. The Morgan fingerprint density at radius 2 is 1.71 bits per heavy atom. The number of para-hydroxylation sites is 1. The summed E-state index contributed by atoms with van der Waals surface area (Å²) >= 11 is 8.04. The number of halogens is 1. The van der Waals surface area contributed by atoms with Gasteiger partial charge in [-0.25, -0.2) is 10.4 Å². The zero-order valence-corrected chi connectivity index (χ0v) is 23.8. The minimum atomic E-state index is -0.337. The lowest BCUT2D eigenvalue weighted by molar-refractivity contribution is 0.0955. The molecular weight excluding hydrogens is 556 g/mol. The summed E-state index contributed by atoms with van der Waals surface area (Å²) in [6.07, 6.45) is 1.51. The average Bonchev–Trinajstić information content (AvgIpc) is 3.46. The van der Waals surface area contributed by atoms with Gasteiger partial charge in [0, 0.05) is 22.2 Å². The molecule has 1 aromatic heterocycles. The van der Waals surface area contributed by atoms with Crippen LogP contribution in [0.2, 0.25) is 5.02 Å². The summed E-state index contributed by atoms with van der Waals surface area (Å²) in [5, 5.41) is 10.6. The SMILES string of the molecule is CCOc1cc(/C=N\NC(=O)c2ccc(-c3csc(Nc4ccccc4)n3)cc2)cc(Cl)c1OCc1ccccc1. The molecule has 4 aromatic carbocycles. The Morgan fingerprint density at radius 3 is 2.44 bits per heavy atom. The summed E-state index contributed by atoms with van der Waals surface area (Å²) in [5.41, 5.74) is 7.43. The Kier molecular flexibility index (Phi) is 9.26.